The Kier molecular flexibility index (Phi) is 5.73. The van der Waals surface area contributed by atoms with Crippen LogP contribution in [0.5, 0.6) is 0 Å². The molecule has 28 heavy (non-hydrogen) atoms. The van der Waals surface area contributed by atoms with Crippen LogP contribution in [0.4, 0.5) is 8.78 Å². The van der Waals surface area contributed by atoms with Gasteiger partial charge in [0, 0.05) is 17.1 Å². The number of aromatic nitrogens is 1. The smallest absolute Gasteiger partial charge is 0.253 e. The molecule has 0 aliphatic heterocycles. The van der Waals surface area contributed by atoms with Gasteiger partial charge < -0.3 is 5.32 Å². The van der Waals surface area contributed by atoms with Gasteiger partial charge in [-0.25, -0.2) is 8.78 Å². The van der Waals surface area contributed by atoms with E-state index in [2.05, 4.69) is 24.1 Å². The maximum atomic E-state index is 13.8. The molecule has 0 fully saturated rings. The van der Waals surface area contributed by atoms with Crippen LogP contribution >= 0.6 is 0 Å². The van der Waals surface area contributed by atoms with Crippen molar-refractivity contribution in [1.82, 2.24) is 10.3 Å². The first-order chi connectivity index (χ1) is 13.3. The van der Waals surface area contributed by atoms with E-state index in [1.54, 1.807) is 24.3 Å². The Bertz CT molecular complexity index is 1000. The molecular formula is C23H24F2N2O. The zero-order chi connectivity index (χ0) is 20.3. The maximum Gasteiger partial charge on any atom is 0.253 e. The second kappa shape index (κ2) is 8.05. The first-order valence-electron chi connectivity index (χ1n) is 9.37. The van der Waals surface area contributed by atoms with Crippen LogP contribution in [0.15, 0.2) is 54.7 Å². The van der Waals surface area contributed by atoms with Crippen LogP contribution in [0.3, 0.4) is 0 Å². The van der Waals surface area contributed by atoms with E-state index < -0.39 is 11.4 Å². The van der Waals surface area contributed by atoms with E-state index in [4.69, 9.17) is 0 Å². The number of nitrogens with one attached hydrogen (secondary N) is 1. The summed E-state index contributed by atoms with van der Waals surface area (Å²) in [6.45, 7) is 6.12. The highest BCUT2D eigenvalue weighted by molar-refractivity contribution is 5.97. The van der Waals surface area contributed by atoms with Gasteiger partial charge in [0.25, 0.3) is 5.91 Å². The molecule has 1 aromatic heterocycles. The molecule has 0 unspecified atom stereocenters. The van der Waals surface area contributed by atoms with Crippen LogP contribution in [0, 0.1) is 17.6 Å². The molecule has 0 saturated heterocycles. The second-order valence-corrected chi connectivity index (χ2v) is 7.96. The van der Waals surface area contributed by atoms with Gasteiger partial charge in [-0.1, -0.05) is 38.1 Å². The minimum absolute atomic E-state index is 0.240. The number of para-hydroxylation sites is 1. The third-order valence-corrected chi connectivity index (χ3v) is 4.68. The number of nitrogens with zero attached hydrogens (tertiary/aromatic N) is 1. The number of hydrogen-bond acceptors (Lipinski definition) is 2. The first kappa shape index (κ1) is 19.9. The number of hydrogen-bond donors (Lipinski definition) is 1. The van der Waals surface area contributed by atoms with Gasteiger partial charge >= 0.3 is 0 Å². The monoisotopic (exact) mass is 382 g/mol. The van der Waals surface area contributed by atoms with Crippen molar-refractivity contribution in [2.75, 3.05) is 0 Å². The molecule has 5 heteroatoms. The van der Waals surface area contributed by atoms with Crippen molar-refractivity contribution in [3.63, 3.8) is 0 Å². The number of carbonyl (C=O) groups excluding carboxylic acids is 1. The predicted octanol–water partition coefficient (Wildman–Crippen LogP) is 5.29. The molecule has 0 spiro atoms. The SMILES string of the molecule is CC(C)C[C@](C)(Cc1cccc(F)c1)NC(=O)c1cnc2c(F)cccc2c1. The topological polar surface area (TPSA) is 42.0 Å². The van der Waals surface area contributed by atoms with Crippen molar-refractivity contribution in [3.05, 3.63) is 77.5 Å². The third kappa shape index (κ3) is 4.71. The summed E-state index contributed by atoms with van der Waals surface area (Å²) in [5.41, 5.74) is 0.869. The fraction of sp³-hybridized carbons (Fsp3) is 0.304. The molecule has 1 amide bonds. The van der Waals surface area contributed by atoms with Gasteiger partial charge in [0.05, 0.1) is 5.56 Å². The molecule has 0 aliphatic carbocycles. The minimum Gasteiger partial charge on any atom is -0.346 e. The number of amides is 1. The molecule has 1 N–H and O–H groups in total. The molecule has 1 atom stereocenters. The summed E-state index contributed by atoms with van der Waals surface area (Å²) in [6, 6.07) is 12.7. The van der Waals surface area contributed by atoms with Crippen LogP contribution in [-0.2, 0) is 6.42 Å². The highest BCUT2D eigenvalue weighted by Crippen LogP contribution is 2.24. The molecule has 3 rings (SSSR count). The minimum atomic E-state index is -0.560. The fourth-order valence-corrected chi connectivity index (χ4v) is 3.76. The maximum absolute atomic E-state index is 13.8. The van der Waals surface area contributed by atoms with Gasteiger partial charge in [-0.05, 0) is 55.5 Å². The van der Waals surface area contributed by atoms with E-state index in [9.17, 15) is 13.6 Å². The molecule has 2 aromatic carbocycles. The lowest BCUT2D eigenvalue weighted by Gasteiger charge is -2.33. The van der Waals surface area contributed by atoms with E-state index in [1.165, 1.54) is 24.4 Å². The van der Waals surface area contributed by atoms with Crippen LogP contribution in [0.2, 0.25) is 0 Å². The van der Waals surface area contributed by atoms with E-state index in [-0.39, 0.29) is 17.2 Å². The zero-order valence-corrected chi connectivity index (χ0v) is 16.3. The molecule has 3 aromatic rings. The van der Waals surface area contributed by atoms with Crippen molar-refractivity contribution in [2.45, 2.75) is 39.2 Å². The first-order valence-corrected chi connectivity index (χ1v) is 9.37. The van der Waals surface area contributed by atoms with Crippen molar-refractivity contribution in [2.24, 2.45) is 5.92 Å². The molecule has 0 bridgehead atoms. The lowest BCUT2D eigenvalue weighted by molar-refractivity contribution is 0.0894. The summed E-state index contributed by atoms with van der Waals surface area (Å²) in [5, 5.41) is 3.67. The average Bonchev–Trinajstić information content (AvgIpc) is 2.60. The Balaban J connectivity index is 1.86. The quantitative estimate of drug-likeness (QED) is 0.629. The highest BCUT2D eigenvalue weighted by Gasteiger charge is 2.28. The summed E-state index contributed by atoms with van der Waals surface area (Å²) in [6.07, 6.45) is 2.62. The second-order valence-electron chi connectivity index (χ2n) is 7.96. The number of benzene rings is 2. The van der Waals surface area contributed by atoms with E-state index in [0.29, 0.717) is 23.3 Å². The Morgan fingerprint density at radius 1 is 1.14 bits per heavy atom. The highest BCUT2D eigenvalue weighted by atomic mass is 19.1. The van der Waals surface area contributed by atoms with Gasteiger partial charge in [0.2, 0.25) is 0 Å². The molecule has 1 heterocycles. The number of fused-ring (bicyclic) bond motifs is 1. The van der Waals surface area contributed by atoms with Gasteiger partial charge in [0.15, 0.2) is 0 Å². The van der Waals surface area contributed by atoms with Crippen molar-refractivity contribution in [1.29, 1.82) is 0 Å². The van der Waals surface area contributed by atoms with Crippen LogP contribution in [-0.4, -0.2) is 16.4 Å². The number of pyridine rings is 1. The van der Waals surface area contributed by atoms with Crippen LogP contribution in [0.1, 0.15) is 43.1 Å². The summed E-state index contributed by atoms with van der Waals surface area (Å²) in [5.74, 6) is -0.655. The molecule has 0 aliphatic rings. The summed E-state index contributed by atoms with van der Waals surface area (Å²) < 4.78 is 27.4. The van der Waals surface area contributed by atoms with Gasteiger partial charge in [-0.3, -0.25) is 9.78 Å². The Morgan fingerprint density at radius 2 is 1.89 bits per heavy atom. The Morgan fingerprint density at radius 3 is 2.61 bits per heavy atom. The molecule has 0 saturated carbocycles. The standard InChI is InChI=1S/C23H24F2N2O/c1-15(2)12-23(3,13-16-6-4-8-19(24)10-16)27-22(28)18-11-17-7-5-9-20(25)21(17)26-14-18/h4-11,14-15H,12-13H2,1-3H3,(H,27,28)/t23-/m1/s1. The number of rotatable bonds is 6. The summed E-state index contributed by atoms with van der Waals surface area (Å²) in [7, 11) is 0. The Hall–Kier alpha value is -2.82. The molecule has 3 nitrogen and oxygen atoms in total. The van der Waals surface area contributed by atoms with Crippen molar-refractivity contribution >= 4 is 16.8 Å². The summed E-state index contributed by atoms with van der Waals surface area (Å²) in [4.78, 5) is 17.0. The van der Waals surface area contributed by atoms with Gasteiger partial charge in [-0.15, -0.1) is 0 Å². The molecule has 146 valence electrons. The van der Waals surface area contributed by atoms with Gasteiger partial charge in [0.1, 0.15) is 17.2 Å². The fourth-order valence-electron chi connectivity index (χ4n) is 3.76. The van der Waals surface area contributed by atoms with E-state index >= 15 is 0 Å². The van der Waals surface area contributed by atoms with Crippen LogP contribution in [0.25, 0.3) is 10.9 Å². The zero-order valence-electron chi connectivity index (χ0n) is 16.3. The van der Waals surface area contributed by atoms with Crippen molar-refractivity contribution in [3.8, 4) is 0 Å². The normalized spacial score (nSPS) is 13.5. The summed E-state index contributed by atoms with van der Waals surface area (Å²) >= 11 is 0. The largest absolute Gasteiger partial charge is 0.346 e. The van der Waals surface area contributed by atoms with E-state index in [0.717, 1.165) is 12.0 Å². The number of halogens is 2. The Labute approximate surface area is 163 Å². The molecule has 0 radical (unpaired) electrons. The van der Waals surface area contributed by atoms with Crippen molar-refractivity contribution < 1.29 is 13.6 Å². The third-order valence-electron chi connectivity index (χ3n) is 4.68. The lowest BCUT2D eigenvalue weighted by Crippen LogP contribution is -2.48. The lowest BCUT2D eigenvalue weighted by atomic mass is 9.84. The van der Waals surface area contributed by atoms with E-state index in [1.807, 2.05) is 13.0 Å². The average molecular weight is 382 g/mol. The van der Waals surface area contributed by atoms with Gasteiger partial charge in [-0.2, -0.15) is 0 Å². The van der Waals surface area contributed by atoms with Crippen LogP contribution < -0.4 is 5.32 Å². The number of carbonyl (C=O) groups is 1. The predicted molar refractivity (Wildman–Crippen MR) is 107 cm³/mol. The molecular weight excluding hydrogens is 358 g/mol.